The van der Waals surface area contributed by atoms with E-state index in [9.17, 15) is 14.4 Å². The van der Waals surface area contributed by atoms with Gasteiger partial charge in [-0.1, -0.05) is 251 Å². The molecule has 0 N–H and O–H groups in total. The van der Waals surface area contributed by atoms with Gasteiger partial charge in [0.1, 0.15) is 13.2 Å². The SMILES string of the molecule is CCC\C=C/C=C\C=C/C=C\C=C/CCCCCCCC(=O)OCC(COC(=O)CCCCCCCC/C=C\C=C/CCCCC)OC(=O)CCCCCCC\C=C/C=C\C=C/C=C\CCCCC. The molecule has 0 spiro atoms. The molecule has 0 fully saturated rings. The van der Waals surface area contributed by atoms with Crippen molar-refractivity contribution in [3.05, 3.63) is 134 Å². The minimum absolute atomic E-state index is 0.107. The highest BCUT2D eigenvalue weighted by molar-refractivity contribution is 5.71. The van der Waals surface area contributed by atoms with E-state index in [0.717, 1.165) is 122 Å². The van der Waals surface area contributed by atoms with Crippen molar-refractivity contribution >= 4 is 17.9 Å². The van der Waals surface area contributed by atoms with Gasteiger partial charge in [0, 0.05) is 19.3 Å². The molecule has 0 aromatic rings. The van der Waals surface area contributed by atoms with Gasteiger partial charge in [-0.25, -0.2) is 0 Å². The third-order valence-electron chi connectivity index (χ3n) is 11.3. The van der Waals surface area contributed by atoms with E-state index in [2.05, 4.69) is 130 Å². The van der Waals surface area contributed by atoms with Crippen molar-refractivity contribution in [2.75, 3.05) is 13.2 Å². The summed E-state index contributed by atoms with van der Waals surface area (Å²) in [4.78, 5) is 38.1. The van der Waals surface area contributed by atoms with Gasteiger partial charge in [0.25, 0.3) is 0 Å². The molecule has 0 saturated heterocycles. The van der Waals surface area contributed by atoms with Crippen LogP contribution in [0.3, 0.4) is 0 Å². The molecule has 0 aliphatic rings. The van der Waals surface area contributed by atoms with E-state index >= 15 is 0 Å². The molecule has 6 heteroatoms. The minimum atomic E-state index is -0.812. The molecular formula is C63H100O6. The largest absolute Gasteiger partial charge is 0.462 e. The lowest BCUT2D eigenvalue weighted by Gasteiger charge is -2.18. The van der Waals surface area contributed by atoms with Crippen LogP contribution in [0.5, 0.6) is 0 Å². The molecule has 388 valence electrons. The van der Waals surface area contributed by atoms with Crippen LogP contribution in [-0.2, 0) is 28.6 Å². The van der Waals surface area contributed by atoms with E-state index in [-0.39, 0.29) is 37.5 Å². The molecule has 0 radical (unpaired) electrons. The van der Waals surface area contributed by atoms with Gasteiger partial charge in [-0.2, -0.15) is 0 Å². The quantitative estimate of drug-likeness (QED) is 0.0262. The number of unbranched alkanes of at least 4 members (excludes halogenated alkanes) is 23. The van der Waals surface area contributed by atoms with E-state index in [1.807, 2.05) is 24.3 Å². The van der Waals surface area contributed by atoms with E-state index in [4.69, 9.17) is 14.2 Å². The van der Waals surface area contributed by atoms with E-state index in [1.165, 1.54) is 64.2 Å². The van der Waals surface area contributed by atoms with Gasteiger partial charge in [0.05, 0.1) is 0 Å². The fourth-order valence-corrected chi connectivity index (χ4v) is 7.12. The summed E-state index contributed by atoms with van der Waals surface area (Å²) < 4.78 is 16.8. The van der Waals surface area contributed by atoms with E-state index in [1.54, 1.807) is 0 Å². The van der Waals surface area contributed by atoms with Crippen LogP contribution >= 0.6 is 0 Å². The normalized spacial score (nSPS) is 13.1. The highest BCUT2D eigenvalue weighted by Crippen LogP contribution is 2.13. The Morgan fingerprint density at radius 2 is 0.551 bits per heavy atom. The van der Waals surface area contributed by atoms with Crippen LogP contribution in [0.1, 0.15) is 226 Å². The molecule has 0 aromatic carbocycles. The minimum Gasteiger partial charge on any atom is -0.462 e. The van der Waals surface area contributed by atoms with Gasteiger partial charge in [-0.15, -0.1) is 0 Å². The molecule has 0 bridgehead atoms. The average Bonchev–Trinajstić information content (AvgIpc) is 3.35. The van der Waals surface area contributed by atoms with Gasteiger partial charge in [-0.3, -0.25) is 14.4 Å². The number of ether oxygens (including phenoxy) is 3. The molecule has 0 aliphatic heterocycles. The first kappa shape index (κ1) is 64.5. The van der Waals surface area contributed by atoms with Gasteiger partial charge >= 0.3 is 17.9 Å². The van der Waals surface area contributed by atoms with Crippen molar-refractivity contribution in [3.8, 4) is 0 Å². The van der Waals surface area contributed by atoms with Gasteiger partial charge in [-0.05, 0) is 89.9 Å². The van der Waals surface area contributed by atoms with Gasteiger partial charge in [0.2, 0.25) is 0 Å². The lowest BCUT2D eigenvalue weighted by atomic mass is 10.1. The molecule has 0 aromatic heterocycles. The Morgan fingerprint density at radius 3 is 0.884 bits per heavy atom. The summed E-state index contributed by atoms with van der Waals surface area (Å²) >= 11 is 0. The average molecular weight is 953 g/mol. The fourth-order valence-electron chi connectivity index (χ4n) is 7.12. The number of rotatable bonds is 48. The van der Waals surface area contributed by atoms with Crippen LogP contribution < -0.4 is 0 Å². The molecule has 0 heterocycles. The van der Waals surface area contributed by atoms with Crippen molar-refractivity contribution in [2.45, 2.75) is 232 Å². The Bertz CT molecular complexity index is 1510. The monoisotopic (exact) mass is 953 g/mol. The highest BCUT2D eigenvalue weighted by atomic mass is 16.6. The van der Waals surface area contributed by atoms with Crippen LogP contribution in [0, 0.1) is 0 Å². The number of allylic oxidation sites excluding steroid dienone is 22. The second kappa shape index (κ2) is 56.1. The van der Waals surface area contributed by atoms with Gasteiger partial charge in [0.15, 0.2) is 6.10 Å². The Balaban J connectivity index is 4.55. The van der Waals surface area contributed by atoms with Crippen LogP contribution in [0.2, 0.25) is 0 Å². The lowest BCUT2D eigenvalue weighted by molar-refractivity contribution is -0.167. The van der Waals surface area contributed by atoms with E-state index < -0.39 is 6.10 Å². The maximum atomic E-state index is 12.8. The number of carbonyl (C=O) groups is 3. The lowest BCUT2D eigenvalue weighted by Crippen LogP contribution is -2.30. The molecule has 0 saturated carbocycles. The van der Waals surface area contributed by atoms with Crippen LogP contribution in [0.15, 0.2) is 134 Å². The summed E-state index contributed by atoms with van der Waals surface area (Å²) in [6.45, 7) is 6.42. The van der Waals surface area contributed by atoms with Crippen molar-refractivity contribution in [2.24, 2.45) is 0 Å². The third kappa shape index (κ3) is 54.4. The van der Waals surface area contributed by atoms with Crippen molar-refractivity contribution in [1.82, 2.24) is 0 Å². The molecule has 69 heavy (non-hydrogen) atoms. The summed E-state index contributed by atoms with van der Waals surface area (Å²) in [6.07, 6.45) is 78.4. The Morgan fingerprint density at radius 1 is 0.290 bits per heavy atom. The second-order valence-electron chi connectivity index (χ2n) is 18.0. The van der Waals surface area contributed by atoms with Crippen LogP contribution in [-0.4, -0.2) is 37.2 Å². The molecule has 0 aliphatic carbocycles. The predicted octanol–water partition coefficient (Wildman–Crippen LogP) is 18.6. The zero-order valence-corrected chi connectivity index (χ0v) is 44.3. The third-order valence-corrected chi connectivity index (χ3v) is 11.3. The summed E-state index contributed by atoms with van der Waals surface area (Å²) in [5.74, 6) is -0.972. The highest BCUT2D eigenvalue weighted by Gasteiger charge is 2.19. The predicted molar refractivity (Wildman–Crippen MR) is 297 cm³/mol. The summed E-state index contributed by atoms with van der Waals surface area (Å²) in [5, 5.41) is 0. The first-order valence-corrected chi connectivity index (χ1v) is 27.8. The Kier molecular flexibility index (Phi) is 52.5. The molecule has 1 unspecified atom stereocenters. The van der Waals surface area contributed by atoms with Crippen molar-refractivity contribution in [3.63, 3.8) is 0 Å². The fraction of sp³-hybridized carbons (Fsp3) is 0.603. The Labute approximate surface area is 424 Å². The Hall–Kier alpha value is -4.45. The zero-order valence-electron chi connectivity index (χ0n) is 44.3. The summed E-state index contributed by atoms with van der Waals surface area (Å²) in [5.41, 5.74) is 0. The van der Waals surface area contributed by atoms with Crippen LogP contribution in [0.25, 0.3) is 0 Å². The van der Waals surface area contributed by atoms with E-state index in [0.29, 0.717) is 12.8 Å². The van der Waals surface area contributed by atoms with Crippen LogP contribution in [0.4, 0.5) is 0 Å². The molecule has 6 nitrogen and oxygen atoms in total. The van der Waals surface area contributed by atoms with Crippen molar-refractivity contribution < 1.29 is 28.6 Å². The molecule has 0 rings (SSSR count). The molecule has 0 amide bonds. The second-order valence-corrected chi connectivity index (χ2v) is 18.0. The first-order chi connectivity index (χ1) is 34.0. The smallest absolute Gasteiger partial charge is 0.306 e. The molecular weight excluding hydrogens is 853 g/mol. The number of carbonyl (C=O) groups excluding carboxylic acids is 3. The maximum absolute atomic E-state index is 12.8. The number of hydrogen-bond donors (Lipinski definition) is 0. The standard InChI is InChI=1S/C63H100O6/c1-4-7-10-13-16-19-22-25-28-30-32-35-38-41-44-47-50-53-56-62(65)68-59-60(58-67-61(64)55-52-49-46-43-40-37-34-27-24-21-18-15-12-9-6-3)69-63(66)57-54-51-48-45-42-39-36-33-31-29-26-23-20-17-14-11-8-5-2/h10,13,16-33,35-36,60H,4-9,11-12,14-15,34,37-59H2,1-3H3/b13-10-,19-16-,20-17-,21-18-,25-22-,26-23-,27-24-,30-28-,31-29-,35-32-,36-33-. The number of esters is 3. The molecule has 1 atom stereocenters. The topological polar surface area (TPSA) is 78.9 Å². The summed E-state index contributed by atoms with van der Waals surface area (Å²) in [7, 11) is 0. The number of hydrogen-bond acceptors (Lipinski definition) is 6. The zero-order chi connectivity index (χ0) is 50.0. The first-order valence-electron chi connectivity index (χ1n) is 27.8. The maximum Gasteiger partial charge on any atom is 0.306 e. The van der Waals surface area contributed by atoms with Gasteiger partial charge < -0.3 is 14.2 Å². The van der Waals surface area contributed by atoms with Crippen molar-refractivity contribution in [1.29, 1.82) is 0 Å². The summed E-state index contributed by atoms with van der Waals surface area (Å²) in [6, 6.07) is 0.